The van der Waals surface area contributed by atoms with Crippen LogP contribution < -0.4 is 11.1 Å². The first-order chi connectivity index (χ1) is 8.31. The van der Waals surface area contributed by atoms with E-state index in [0.717, 1.165) is 11.3 Å². The summed E-state index contributed by atoms with van der Waals surface area (Å²) in [5.41, 5.74) is 6.96. The van der Waals surface area contributed by atoms with Crippen LogP contribution in [0.2, 0.25) is 0 Å². The molecule has 0 radical (unpaired) electrons. The second-order valence-electron chi connectivity index (χ2n) is 5.39. The quantitative estimate of drug-likeness (QED) is 0.866. The molecule has 18 heavy (non-hydrogen) atoms. The first-order valence-electron chi connectivity index (χ1n) is 6.12. The molecule has 100 valence electrons. The Morgan fingerprint density at radius 1 is 1.44 bits per heavy atom. The molecule has 3 N–H and O–H groups in total. The van der Waals surface area contributed by atoms with E-state index < -0.39 is 11.7 Å². The lowest BCUT2D eigenvalue weighted by atomic mass is 10.0. The largest absolute Gasteiger partial charge is 0.444 e. The van der Waals surface area contributed by atoms with E-state index in [0.29, 0.717) is 6.54 Å². The summed E-state index contributed by atoms with van der Waals surface area (Å²) in [5.74, 6) is 0.269. The van der Waals surface area contributed by atoms with E-state index in [-0.39, 0.29) is 5.92 Å². The van der Waals surface area contributed by atoms with Crippen molar-refractivity contribution in [1.29, 1.82) is 0 Å². The van der Waals surface area contributed by atoms with Gasteiger partial charge in [-0.3, -0.25) is 5.32 Å². The number of carbonyl (C=O) groups excluding carboxylic acids is 1. The maximum atomic E-state index is 11.6. The number of rotatable bonds is 3. The number of hydrogen-bond donors (Lipinski definition) is 2. The van der Waals surface area contributed by atoms with Gasteiger partial charge in [-0.2, -0.15) is 0 Å². The second kappa shape index (κ2) is 5.87. The normalized spacial score (nSPS) is 12.9. The third kappa shape index (κ3) is 4.75. The number of nitrogens with one attached hydrogen (secondary N) is 1. The van der Waals surface area contributed by atoms with Gasteiger partial charge in [-0.25, -0.2) is 4.79 Å². The van der Waals surface area contributed by atoms with E-state index in [1.54, 1.807) is 0 Å². The summed E-state index contributed by atoms with van der Waals surface area (Å²) in [4.78, 5) is 11.6. The van der Waals surface area contributed by atoms with Crippen LogP contribution in [0.3, 0.4) is 0 Å². The molecule has 0 bridgehead atoms. The molecule has 0 spiro atoms. The Balaban J connectivity index is 2.71. The zero-order valence-electron chi connectivity index (χ0n) is 11.5. The molecule has 0 fully saturated rings. The molecule has 0 aliphatic heterocycles. The molecule has 4 heteroatoms. The Hall–Kier alpha value is -1.55. The molecule has 0 saturated carbocycles. The molecule has 1 amide bonds. The fourth-order valence-corrected chi connectivity index (χ4v) is 1.48. The molecule has 0 saturated heterocycles. The standard InChI is InChI=1S/C14H22N2O2/c1-10(9-15)11-6-5-7-12(8-11)16-13(17)18-14(2,3)4/h5-8,10H,9,15H2,1-4H3,(H,16,17). The van der Waals surface area contributed by atoms with E-state index in [9.17, 15) is 4.79 Å². The van der Waals surface area contributed by atoms with Crippen LogP contribution in [0, 0.1) is 0 Å². The van der Waals surface area contributed by atoms with Gasteiger partial charge in [0.2, 0.25) is 0 Å². The van der Waals surface area contributed by atoms with Crippen LogP contribution in [-0.2, 0) is 4.74 Å². The molecule has 0 heterocycles. The Labute approximate surface area is 109 Å². The van der Waals surface area contributed by atoms with Crippen molar-refractivity contribution >= 4 is 11.8 Å². The lowest BCUT2D eigenvalue weighted by molar-refractivity contribution is 0.0636. The predicted octanol–water partition coefficient (Wildman–Crippen LogP) is 3.10. The number of hydrogen-bond acceptors (Lipinski definition) is 3. The van der Waals surface area contributed by atoms with Crippen molar-refractivity contribution in [3.8, 4) is 0 Å². The number of ether oxygens (including phenoxy) is 1. The minimum atomic E-state index is -0.494. The van der Waals surface area contributed by atoms with Crippen molar-refractivity contribution in [2.75, 3.05) is 11.9 Å². The SMILES string of the molecule is CC(CN)c1cccc(NC(=O)OC(C)(C)C)c1. The van der Waals surface area contributed by atoms with Crippen molar-refractivity contribution in [3.63, 3.8) is 0 Å². The van der Waals surface area contributed by atoms with Crippen LogP contribution in [0.5, 0.6) is 0 Å². The van der Waals surface area contributed by atoms with Crippen LogP contribution in [0.4, 0.5) is 10.5 Å². The van der Waals surface area contributed by atoms with Crippen molar-refractivity contribution in [3.05, 3.63) is 29.8 Å². The summed E-state index contributed by atoms with van der Waals surface area (Å²) in [6.45, 7) is 8.13. The van der Waals surface area contributed by atoms with E-state index in [4.69, 9.17) is 10.5 Å². The summed E-state index contributed by atoms with van der Waals surface area (Å²) in [7, 11) is 0. The van der Waals surface area contributed by atoms with Crippen molar-refractivity contribution in [2.24, 2.45) is 5.73 Å². The highest BCUT2D eigenvalue weighted by atomic mass is 16.6. The molecule has 0 aliphatic carbocycles. The minimum absolute atomic E-state index is 0.269. The smallest absolute Gasteiger partial charge is 0.412 e. The van der Waals surface area contributed by atoms with E-state index in [1.165, 1.54) is 0 Å². The Bertz CT molecular complexity index is 411. The fraction of sp³-hybridized carbons (Fsp3) is 0.500. The maximum Gasteiger partial charge on any atom is 0.412 e. The Morgan fingerprint density at radius 3 is 2.67 bits per heavy atom. The Kier molecular flexibility index (Phi) is 4.73. The predicted molar refractivity (Wildman–Crippen MR) is 73.8 cm³/mol. The molecule has 1 atom stereocenters. The molecular formula is C14H22N2O2. The number of nitrogens with two attached hydrogens (primary N) is 1. The summed E-state index contributed by atoms with van der Waals surface area (Å²) in [6.07, 6.45) is -0.444. The van der Waals surface area contributed by atoms with Crippen molar-refractivity contribution < 1.29 is 9.53 Å². The first kappa shape index (κ1) is 14.5. The van der Waals surface area contributed by atoms with E-state index in [1.807, 2.05) is 52.0 Å². The third-order valence-electron chi connectivity index (χ3n) is 2.45. The number of amides is 1. The number of anilines is 1. The molecule has 1 aromatic rings. The Morgan fingerprint density at radius 2 is 2.11 bits per heavy atom. The highest BCUT2D eigenvalue weighted by Crippen LogP contribution is 2.19. The third-order valence-corrected chi connectivity index (χ3v) is 2.45. The fourth-order valence-electron chi connectivity index (χ4n) is 1.48. The van der Waals surface area contributed by atoms with Crippen LogP contribution in [0.15, 0.2) is 24.3 Å². The van der Waals surface area contributed by atoms with Crippen molar-refractivity contribution in [2.45, 2.75) is 39.2 Å². The van der Waals surface area contributed by atoms with Gasteiger partial charge in [0.15, 0.2) is 0 Å². The zero-order chi connectivity index (χ0) is 13.8. The summed E-state index contributed by atoms with van der Waals surface area (Å²) >= 11 is 0. The van der Waals surface area contributed by atoms with Gasteiger partial charge in [0.1, 0.15) is 5.60 Å². The monoisotopic (exact) mass is 250 g/mol. The van der Waals surface area contributed by atoms with Crippen LogP contribution in [0.25, 0.3) is 0 Å². The molecular weight excluding hydrogens is 228 g/mol. The second-order valence-corrected chi connectivity index (χ2v) is 5.39. The summed E-state index contributed by atoms with van der Waals surface area (Å²) in [6, 6.07) is 7.64. The molecule has 0 aromatic heterocycles. The molecule has 1 rings (SSSR count). The molecule has 0 aliphatic rings. The van der Waals surface area contributed by atoms with Crippen LogP contribution >= 0.6 is 0 Å². The lowest BCUT2D eigenvalue weighted by Gasteiger charge is -2.20. The van der Waals surface area contributed by atoms with E-state index in [2.05, 4.69) is 5.32 Å². The highest BCUT2D eigenvalue weighted by Gasteiger charge is 2.16. The van der Waals surface area contributed by atoms with Gasteiger partial charge in [-0.15, -0.1) is 0 Å². The maximum absolute atomic E-state index is 11.6. The van der Waals surface area contributed by atoms with Gasteiger partial charge in [0, 0.05) is 5.69 Å². The molecule has 4 nitrogen and oxygen atoms in total. The van der Waals surface area contributed by atoms with Gasteiger partial charge in [0.05, 0.1) is 0 Å². The van der Waals surface area contributed by atoms with Crippen LogP contribution in [-0.4, -0.2) is 18.2 Å². The van der Waals surface area contributed by atoms with Gasteiger partial charge in [-0.1, -0.05) is 19.1 Å². The lowest BCUT2D eigenvalue weighted by Crippen LogP contribution is -2.27. The van der Waals surface area contributed by atoms with Crippen molar-refractivity contribution in [1.82, 2.24) is 0 Å². The van der Waals surface area contributed by atoms with E-state index >= 15 is 0 Å². The van der Waals surface area contributed by atoms with Gasteiger partial charge in [0.25, 0.3) is 0 Å². The number of carbonyl (C=O) groups is 1. The number of benzene rings is 1. The molecule has 1 unspecified atom stereocenters. The average Bonchev–Trinajstić information content (AvgIpc) is 2.25. The van der Waals surface area contributed by atoms with Gasteiger partial charge in [-0.05, 0) is 50.9 Å². The van der Waals surface area contributed by atoms with Gasteiger partial charge >= 0.3 is 6.09 Å². The topological polar surface area (TPSA) is 64.3 Å². The highest BCUT2D eigenvalue weighted by molar-refractivity contribution is 5.84. The van der Waals surface area contributed by atoms with Gasteiger partial charge < -0.3 is 10.5 Å². The minimum Gasteiger partial charge on any atom is -0.444 e. The first-order valence-corrected chi connectivity index (χ1v) is 6.12. The zero-order valence-corrected chi connectivity index (χ0v) is 11.5. The molecule has 1 aromatic carbocycles. The van der Waals surface area contributed by atoms with Crippen LogP contribution in [0.1, 0.15) is 39.2 Å². The average molecular weight is 250 g/mol. The summed E-state index contributed by atoms with van der Waals surface area (Å²) in [5, 5.41) is 2.72. The summed E-state index contributed by atoms with van der Waals surface area (Å²) < 4.78 is 5.19.